The lowest BCUT2D eigenvalue weighted by atomic mass is 9.99. The highest BCUT2D eigenvalue weighted by Crippen LogP contribution is 2.59. The van der Waals surface area contributed by atoms with Gasteiger partial charge in [0.05, 0.1) is 20.7 Å². The molecular formula is C23H23NO5S2. The van der Waals surface area contributed by atoms with Crippen LogP contribution in [0.5, 0.6) is 0 Å². The van der Waals surface area contributed by atoms with Crippen molar-refractivity contribution in [1.82, 2.24) is 4.57 Å². The Bertz CT molecular complexity index is 1350. The summed E-state index contributed by atoms with van der Waals surface area (Å²) in [6.45, 7) is 7.31. The fourth-order valence-electron chi connectivity index (χ4n) is 4.51. The quantitative estimate of drug-likeness (QED) is 0.523. The Hall–Kier alpha value is -2.29. The molecule has 5 rings (SSSR count). The zero-order valence-corrected chi connectivity index (χ0v) is 19.3. The molecule has 1 aromatic heterocycles. The van der Waals surface area contributed by atoms with E-state index in [4.69, 9.17) is 4.74 Å². The summed E-state index contributed by atoms with van der Waals surface area (Å²) < 4.78 is 33.7. The number of sulfone groups is 1. The van der Waals surface area contributed by atoms with Gasteiger partial charge in [-0.2, -0.15) is 0 Å². The van der Waals surface area contributed by atoms with Gasteiger partial charge in [0.1, 0.15) is 17.0 Å². The molecule has 8 heteroatoms. The fourth-order valence-corrected chi connectivity index (χ4v) is 8.71. The van der Waals surface area contributed by atoms with Gasteiger partial charge in [-0.3, -0.25) is 0 Å². The Labute approximate surface area is 185 Å². The van der Waals surface area contributed by atoms with E-state index in [9.17, 15) is 18.3 Å². The number of thioether (sulfide) groups is 1. The molecule has 3 aromatic rings. The Morgan fingerprint density at radius 1 is 1.16 bits per heavy atom. The Kier molecular flexibility index (Phi) is 4.39. The Morgan fingerprint density at radius 2 is 1.87 bits per heavy atom. The molecule has 162 valence electrons. The first-order chi connectivity index (χ1) is 14.5. The van der Waals surface area contributed by atoms with Crippen molar-refractivity contribution in [3.63, 3.8) is 0 Å². The van der Waals surface area contributed by atoms with Crippen molar-refractivity contribution in [2.45, 2.75) is 59.8 Å². The average Bonchev–Trinajstić information content (AvgIpc) is 3.11. The van der Waals surface area contributed by atoms with Crippen LogP contribution in [0.2, 0.25) is 0 Å². The maximum Gasteiger partial charge on any atom is 0.419 e. The molecular weight excluding hydrogens is 434 g/mol. The van der Waals surface area contributed by atoms with Crippen LogP contribution in [0, 0.1) is 6.92 Å². The number of aromatic nitrogens is 1. The molecule has 0 fully saturated rings. The standard InChI is InChI=1S/C23H23NO5S2/c1-12-9-10-15-14(11-12)17-18(25)20-19(13-7-5-6-8-16(13)31(20,27)28)30-21(17)24(15)22(26)29-23(2,3)4/h5-11,18-20,25H,1-4H3/t18-,19+,20+/m0/s1. The van der Waals surface area contributed by atoms with Crippen molar-refractivity contribution >= 4 is 38.6 Å². The number of benzene rings is 2. The van der Waals surface area contributed by atoms with Crippen LogP contribution in [-0.2, 0) is 14.6 Å². The molecule has 3 atom stereocenters. The number of aliphatic hydroxyl groups excluding tert-OH is 1. The van der Waals surface area contributed by atoms with E-state index in [1.165, 1.54) is 16.3 Å². The second-order valence-electron chi connectivity index (χ2n) is 9.09. The smallest absolute Gasteiger partial charge is 0.419 e. The lowest BCUT2D eigenvalue weighted by Gasteiger charge is -2.30. The molecule has 2 aliphatic rings. The van der Waals surface area contributed by atoms with Crippen LogP contribution in [0.1, 0.15) is 48.8 Å². The predicted octanol–water partition coefficient (Wildman–Crippen LogP) is 4.77. The minimum Gasteiger partial charge on any atom is -0.443 e. The van der Waals surface area contributed by atoms with Crippen LogP contribution >= 0.6 is 11.8 Å². The van der Waals surface area contributed by atoms with Crippen LogP contribution < -0.4 is 0 Å². The summed E-state index contributed by atoms with van der Waals surface area (Å²) in [7, 11) is -3.71. The first kappa shape index (κ1) is 20.6. The van der Waals surface area contributed by atoms with Crippen LogP contribution in [-0.4, -0.2) is 35.0 Å². The van der Waals surface area contributed by atoms with Crippen LogP contribution in [0.15, 0.2) is 52.4 Å². The molecule has 0 aliphatic carbocycles. The number of aryl methyl sites for hydroxylation is 1. The van der Waals surface area contributed by atoms with Gasteiger partial charge >= 0.3 is 6.09 Å². The van der Waals surface area contributed by atoms with E-state index in [0.29, 0.717) is 27.1 Å². The van der Waals surface area contributed by atoms with E-state index in [-0.39, 0.29) is 4.90 Å². The number of aliphatic hydroxyl groups is 1. The average molecular weight is 458 g/mol. The van der Waals surface area contributed by atoms with Crippen molar-refractivity contribution in [2.75, 3.05) is 0 Å². The molecule has 2 aromatic carbocycles. The Morgan fingerprint density at radius 3 is 2.58 bits per heavy atom. The van der Waals surface area contributed by atoms with Gasteiger partial charge in [-0.25, -0.2) is 17.8 Å². The van der Waals surface area contributed by atoms with Crippen LogP contribution in [0.3, 0.4) is 0 Å². The van der Waals surface area contributed by atoms with Gasteiger partial charge < -0.3 is 9.84 Å². The normalized spacial score (nSPS) is 23.8. The van der Waals surface area contributed by atoms with Crippen molar-refractivity contribution in [1.29, 1.82) is 0 Å². The van der Waals surface area contributed by atoms with Crippen molar-refractivity contribution in [3.05, 3.63) is 59.2 Å². The number of fused-ring (bicyclic) bond motifs is 6. The third-order valence-corrected chi connectivity index (χ3v) is 9.56. The van der Waals surface area contributed by atoms with Gasteiger partial charge in [-0.1, -0.05) is 41.6 Å². The second kappa shape index (κ2) is 6.60. The molecule has 0 spiro atoms. The maximum atomic E-state index is 13.3. The number of carbonyl (C=O) groups is 1. The van der Waals surface area contributed by atoms with Gasteiger partial charge in [0.25, 0.3) is 0 Å². The van der Waals surface area contributed by atoms with Crippen LogP contribution in [0.4, 0.5) is 4.79 Å². The third-order valence-electron chi connectivity index (χ3n) is 5.73. The lowest BCUT2D eigenvalue weighted by molar-refractivity contribution is 0.0529. The first-order valence-electron chi connectivity index (χ1n) is 10.1. The number of nitrogens with zero attached hydrogens (tertiary/aromatic N) is 1. The number of hydrogen-bond acceptors (Lipinski definition) is 6. The summed E-state index contributed by atoms with van der Waals surface area (Å²) in [5.74, 6) is 0. The molecule has 0 unspecified atom stereocenters. The molecule has 0 amide bonds. The highest BCUT2D eigenvalue weighted by atomic mass is 32.2. The zero-order chi connectivity index (χ0) is 22.3. The predicted molar refractivity (Wildman–Crippen MR) is 119 cm³/mol. The van der Waals surface area contributed by atoms with Crippen molar-refractivity contribution in [3.8, 4) is 0 Å². The molecule has 0 bridgehead atoms. The molecule has 3 heterocycles. The summed E-state index contributed by atoms with van der Waals surface area (Å²) in [5, 5.41) is 11.1. The van der Waals surface area contributed by atoms with E-state index in [2.05, 4.69) is 0 Å². The van der Waals surface area contributed by atoms with Gasteiger partial charge in [-0.05, 0) is 51.5 Å². The minimum absolute atomic E-state index is 0.256. The molecule has 6 nitrogen and oxygen atoms in total. The number of ether oxygens (including phenoxy) is 1. The summed E-state index contributed by atoms with van der Waals surface area (Å²) in [5.41, 5.74) is 2.00. The molecule has 31 heavy (non-hydrogen) atoms. The molecule has 2 aliphatic heterocycles. The van der Waals surface area contributed by atoms with Gasteiger partial charge in [0, 0.05) is 10.9 Å². The lowest BCUT2D eigenvalue weighted by Crippen LogP contribution is -2.32. The third kappa shape index (κ3) is 2.96. The van der Waals surface area contributed by atoms with E-state index in [1.807, 2.05) is 25.1 Å². The summed E-state index contributed by atoms with van der Waals surface area (Å²) in [6, 6.07) is 12.5. The monoisotopic (exact) mass is 457 g/mol. The molecule has 1 N–H and O–H groups in total. The second-order valence-corrected chi connectivity index (χ2v) is 12.3. The first-order valence-corrected chi connectivity index (χ1v) is 12.5. The topological polar surface area (TPSA) is 85.6 Å². The highest BCUT2D eigenvalue weighted by Gasteiger charge is 2.54. The maximum absolute atomic E-state index is 13.3. The number of carbonyl (C=O) groups excluding carboxylic acids is 1. The largest absolute Gasteiger partial charge is 0.443 e. The van der Waals surface area contributed by atoms with Gasteiger partial charge in [-0.15, -0.1) is 0 Å². The fraction of sp³-hybridized carbons (Fsp3) is 0.348. The van der Waals surface area contributed by atoms with Crippen molar-refractivity contribution in [2.24, 2.45) is 0 Å². The zero-order valence-electron chi connectivity index (χ0n) is 17.6. The van der Waals surface area contributed by atoms with E-state index in [0.717, 1.165) is 5.56 Å². The van der Waals surface area contributed by atoms with E-state index < -0.39 is 38.1 Å². The highest BCUT2D eigenvalue weighted by molar-refractivity contribution is 8.02. The molecule has 0 saturated heterocycles. The SMILES string of the molecule is Cc1ccc2c(c1)c1c(n2C(=O)OC(C)(C)C)S[C@@H]2c3ccccc3S(=O)(=O)[C@@H]2[C@H]1O. The summed E-state index contributed by atoms with van der Waals surface area (Å²) in [4.78, 5) is 13.4. The van der Waals surface area contributed by atoms with Gasteiger partial charge in [0.2, 0.25) is 0 Å². The number of rotatable bonds is 0. The molecule has 0 saturated carbocycles. The Balaban J connectivity index is 1.78. The van der Waals surface area contributed by atoms with Crippen LogP contribution in [0.25, 0.3) is 10.9 Å². The summed E-state index contributed by atoms with van der Waals surface area (Å²) >= 11 is 1.31. The van der Waals surface area contributed by atoms with Gasteiger partial charge in [0.15, 0.2) is 9.84 Å². The van der Waals surface area contributed by atoms with E-state index in [1.54, 1.807) is 45.0 Å². The number of hydrogen-bond donors (Lipinski definition) is 1. The summed E-state index contributed by atoms with van der Waals surface area (Å²) in [6.07, 6.45) is -1.80. The minimum atomic E-state index is -3.71. The van der Waals surface area contributed by atoms with Crippen molar-refractivity contribution < 1.29 is 23.1 Å². The molecule has 0 radical (unpaired) electrons. The van der Waals surface area contributed by atoms with E-state index >= 15 is 0 Å².